The van der Waals surface area contributed by atoms with Gasteiger partial charge in [-0.3, -0.25) is 4.79 Å². The van der Waals surface area contributed by atoms with E-state index >= 15 is 0 Å². The van der Waals surface area contributed by atoms with Crippen molar-refractivity contribution in [2.75, 3.05) is 5.32 Å². The number of benzene rings is 1. The summed E-state index contributed by atoms with van der Waals surface area (Å²) in [5.41, 5.74) is 0.752. The molecule has 20 heavy (non-hydrogen) atoms. The van der Waals surface area contributed by atoms with Gasteiger partial charge in [0.15, 0.2) is 5.01 Å². The van der Waals surface area contributed by atoms with Crippen molar-refractivity contribution < 1.29 is 4.79 Å². The van der Waals surface area contributed by atoms with E-state index < -0.39 is 0 Å². The van der Waals surface area contributed by atoms with Gasteiger partial charge in [0.2, 0.25) is 11.0 Å². The minimum absolute atomic E-state index is 0.0447. The van der Waals surface area contributed by atoms with Crippen LogP contribution in [-0.4, -0.2) is 16.1 Å². The van der Waals surface area contributed by atoms with Gasteiger partial charge in [0.1, 0.15) is 0 Å². The zero-order chi connectivity index (χ0) is 14.5. The Morgan fingerprint density at radius 3 is 2.85 bits per heavy atom. The molecular formula is C13H13Cl2N3OS. The third-order valence-electron chi connectivity index (χ3n) is 2.59. The summed E-state index contributed by atoms with van der Waals surface area (Å²) in [5.74, 6) is -0.0447. The van der Waals surface area contributed by atoms with E-state index in [1.54, 1.807) is 18.2 Å². The minimum Gasteiger partial charge on any atom is -0.301 e. The summed E-state index contributed by atoms with van der Waals surface area (Å²) in [5, 5.41) is 12.9. The molecule has 1 N–H and O–H groups in total. The van der Waals surface area contributed by atoms with E-state index in [-0.39, 0.29) is 5.91 Å². The summed E-state index contributed by atoms with van der Waals surface area (Å²) >= 11 is 13.3. The first-order chi connectivity index (χ1) is 9.60. The van der Waals surface area contributed by atoms with Crippen LogP contribution in [0.2, 0.25) is 10.0 Å². The molecule has 0 atom stereocenters. The van der Waals surface area contributed by atoms with Crippen LogP contribution in [-0.2, 0) is 4.79 Å². The molecule has 7 heteroatoms. The molecule has 2 rings (SSSR count). The maximum atomic E-state index is 11.6. The summed E-state index contributed by atoms with van der Waals surface area (Å²) in [6.45, 7) is 2.04. The van der Waals surface area contributed by atoms with E-state index in [0.717, 1.165) is 18.4 Å². The van der Waals surface area contributed by atoms with Crippen molar-refractivity contribution in [2.45, 2.75) is 26.2 Å². The number of carbonyl (C=O) groups excluding carboxylic acids is 1. The van der Waals surface area contributed by atoms with Gasteiger partial charge < -0.3 is 5.32 Å². The van der Waals surface area contributed by atoms with Gasteiger partial charge in [-0.25, -0.2) is 0 Å². The molecule has 0 saturated carbocycles. The first kappa shape index (κ1) is 15.2. The largest absolute Gasteiger partial charge is 0.301 e. The summed E-state index contributed by atoms with van der Waals surface area (Å²) < 4.78 is 0. The zero-order valence-corrected chi connectivity index (χ0v) is 13.1. The molecule has 0 aliphatic rings. The smallest absolute Gasteiger partial charge is 0.226 e. The Balaban J connectivity index is 2.10. The van der Waals surface area contributed by atoms with Gasteiger partial charge in [0.05, 0.1) is 5.02 Å². The Kier molecular flexibility index (Phi) is 5.34. The van der Waals surface area contributed by atoms with Crippen LogP contribution in [0.15, 0.2) is 18.2 Å². The fourth-order valence-electron chi connectivity index (χ4n) is 1.56. The number of hydrogen-bond acceptors (Lipinski definition) is 4. The Morgan fingerprint density at radius 2 is 2.15 bits per heavy atom. The fourth-order valence-corrected chi connectivity index (χ4v) is 2.92. The highest BCUT2D eigenvalue weighted by molar-refractivity contribution is 7.18. The highest BCUT2D eigenvalue weighted by Crippen LogP contribution is 2.33. The number of unbranched alkanes of at least 4 members (excludes halogenated alkanes) is 1. The molecule has 0 spiro atoms. The summed E-state index contributed by atoms with van der Waals surface area (Å²) in [4.78, 5) is 11.6. The van der Waals surface area contributed by atoms with Gasteiger partial charge >= 0.3 is 0 Å². The number of hydrogen-bond donors (Lipinski definition) is 1. The molecule has 1 aromatic carbocycles. The molecule has 4 nitrogen and oxygen atoms in total. The third kappa shape index (κ3) is 3.91. The van der Waals surface area contributed by atoms with E-state index in [2.05, 4.69) is 15.5 Å². The van der Waals surface area contributed by atoms with Gasteiger partial charge in [-0.2, -0.15) is 0 Å². The highest BCUT2D eigenvalue weighted by atomic mass is 35.5. The second-order valence-corrected chi connectivity index (χ2v) is 6.01. The third-order valence-corrected chi connectivity index (χ3v) is 4.01. The Labute approximate surface area is 131 Å². The Morgan fingerprint density at radius 1 is 1.35 bits per heavy atom. The number of rotatable bonds is 5. The van der Waals surface area contributed by atoms with Gasteiger partial charge in [-0.1, -0.05) is 47.9 Å². The van der Waals surface area contributed by atoms with Crippen LogP contribution in [0.4, 0.5) is 5.13 Å². The van der Waals surface area contributed by atoms with Crippen molar-refractivity contribution in [1.82, 2.24) is 10.2 Å². The summed E-state index contributed by atoms with van der Waals surface area (Å²) in [6, 6.07) is 5.18. The standard InChI is InChI=1S/C13H13Cl2N3OS/c1-2-3-4-11(19)16-13-18-17-12(20-13)9-6-5-8(14)7-10(9)15/h5-7H,2-4H2,1H3,(H,16,18,19). The molecule has 0 fully saturated rings. The average Bonchev–Trinajstić information content (AvgIpc) is 2.84. The molecule has 0 bridgehead atoms. The summed E-state index contributed by atoms with van der Waals surface area (Å²) in [7, 11) is 0. The monoisotopic (exact) mass is 329 g/mol. The predicted octanol–water partition coefficient (Wildman–Crippen LogP) is 4.64. The number of nitrogens with zero attached hydrogens (tertiary/aromatic N) is 2. The quantitative estimate of drug-likeness (QED) is 0.869. The lowest BCUT2D eigenvalue weighted by Crippen LogP contribution is -2.10. The summed E-state index contributed by atoms with van der Waals surface area (Å²) in [6.07, 6.45) is 2.34. The second-order valence-electron chi connectivity index (χ2n) is 4.19. The van der Waals surface area contributed by atoms with Crippen LogP contribution in [0.5, 0.6) is 0 Å². The fraction of sp³-hybridized carbons (Fsp3) is 0.308. The zero-order valence-electron chi connectivity index (χ0n) is 10.8. The molecular weight excluding hydrogens is 317 g/mol. The lowest BCUT2D eigenvalue weighted by molar-refractivity contribution is -0.116. The van der Waals surface area contributed by atoms with Crippen LogP contribution in [0.3, 0.4) is 0 Å². The SMILES string of the molecule is CCCCC(=O)Nc1nnc(-c2ccc(Cl)cc2Cl)s1. The lowest BCUT2D eigenvalue weighted by atomic mass is 10.2. The number of halogens is 2. The van der Waals surface area contributed by atoms with Crippen molar-refractivity contribution in [2.24, 2.45) is 0 Å². The van der Waals surface area contributed by atoms with E-state index in [1.807, 2.05) is 6.92 Å². The number of anilines is 1. The molecule has 1 amide bonds. The maximum Gasteiger partial charge on any atom is 0.226 e. The van der Waals surface area contributed by atoms with Gasteiger partial charge in [-0.15, -0.1) is 10.2 Å². The van der Waals surface area contributed by atoms with Crippen molar-refractivity contribution >= 4 is 45.6 Å². The maximum absolute atomic E-state index is 11.6. The first-order valence-electron chi connectivity index (χ1n) is 6.19. The van der Waals surface area contributed by atoms with Gasteiger partial charge in [-0.05, 0) is 24.6 Å². The van der Waals surface area contributed by atoms with Crippen molar-refractivity contribution in [3.63, 3.8) is 0 Å². The number of amides is 1. The number of carbonyl (C=O) groups is 1. The van der Waals surface area contributed by atoms with E-state index in [4.69, 9.17) is 23.2 Å². The topological polar surface area (TPSA) is 54.9 Å². The van der Waals surface area contributed by atoms with Crippen LogP contribution in [0.1, 0.15) is 26.2 Å². The average molecular weight is 330 g/mol. The van der Waals surface area contributed by atoms with Crippen molar-refractivity contribution in [3.8, 4) is 10.6 Å². The molecule has 2 aromatic rings. The molecule has 1 heterocycles. The molecule has 0 radical (unpaired) electrons. The number of aromatic nitrogens is 2. The normalized spacial score (nSPS) is 10.6. The number of nitrogens with one attached hydrogen (secondary N) is 1. The van der Waals surface area contributed by atoms with Crippen LogP contribution in [0.25, 0.3) is 10.6 Å². The molecule has 1 aromatic heterocycles. The van der Waals surface area contributed by atoms with Gasteiger partial charge in [0.25, 0.3) is 0 Å². The Hall–Kier alpha value is -1.17. The molecule has 0 unspecified atom stereocenters. The second kappa shape index (κ2) is 7.02. The molecule has 106 valence electrons. The van der Waals surface area contributed by atoms with Crippen molar-refractivity contribution in [1.29, 1.82) is 0 Å². The molecule has 0 aliphatic carbocycles. The first-order valence-corrected chi connectivity index (χ1v) is 7.76. The highest BCUT2D eigenvalue weighted by Gasteiger charge is 2.12. The van der Waals surface area contributed by atoms with Gasteiger partial charge in [0, 0.05) is 17.0 Å². The van der Waals surface area contributed by atoms with Crippen molar-refractivity contribution in [3.05, 3.63) is 28.2 Å². The lowest BCUT2D eigenvalue weighted by Gasteiger charge is -2.00. The molecule has 0 aliphatic heterocycles. The minimum atomic E-state index is -0.0447. The Bertz CT molecular complexity index is 615. The van der Waals surface area contributed by atoms with Crippen LogP contribution >= 0.6 is 34.5 Å². The predicted molar refractivity (Wildman–Crippen MR) is 83.5 cm³/mol. The van der Waals surface area contributed by atoms with E-state index in [1.165, 1.54) is 11.3 Å². The van der Waals surface area contributed by atoms with E-state index in [9.17, 15) is 4.79 Å². The van der Waals surface area contributed by atoms with E-state index in [0.29, 0.717) is 26.6 Å². The molecule has 0 saturated heterocycles. The van der Waals surface area contributed by atoms with Crippen LogP contribution in [0, 0.1) is 0 Å². The van der Waals surface area contributed by atoms with Crippen LogP contribution < -0.4 is 5.32 Å².